The molecule has 1 aliphatic rings. The Labute approximate surface area is 129 Å². The van der Waals surface area contributed by atoms with Crippen LogP contribution in [-0.2, 0) is 21.1 Å². The second kappa shape index (κ2) is 6.81. The molecule has 0 radical (unpaired) electrons. The van der Waals surface area contributed by atoms with Gasteiger partial charge < -0.3 is 10.6 Å². The molecule has 0 spiro atoms. The molecule has 0 aromatic heterocycles. The summed E-state index contributed by atoms with van der Waals surface area (Å²) >= 11 is 1.55. The van der Waals surface area contributed by atoms with Gasteiger partial charge in [-0.2, -0.15) is 11.8 Å². The summed E-state index contributed by atoms with van der Waals surface area (Å²) < 4.78 is 23.7. The largest absolute Gasteiger partial charge is 0.323 e. The van der Waals surface area contributed by atoms with Gasteiger partial charge in [-0.15, -0.1) is 0 Å². The normalized spacial score (nSPS) is 21.0. The summed E-state index contributed by atoms with van der Waals surface area (Å²) in [7, 11) is -3.30. The van der Waals surface area contributed by atoms with Crippen LogP contribution in [0, 0.1) is 0 Å². The van der Waals surface area contributed by atoms with E-state index in [4.69, 9.17) is 5.73 Å². The molecule has 0 bridgehead atoms. The predicted molar refractivity (Wildman–Crippen MR) is 85.8 cm³/mol. The quantitative estimate of drug-likeness (QED) is 0.871. The highest BCUT2D eigenvalue weighted by Gasteiger charge is 2.36. The van der Waals surface area contributed by atoms with E-state index >= 15 is 0 Å². The van der Waals surface area contributed by atoms with Crippen LogP contribution in [0.15, 0.2) is 30.3 Å². The lowest BCUT2D eigenvalue weighted by Gasteiger charge is -2.35. The number of amides is 1. The Hall–Kier alpha value is -1.05. The number of sulfone groups is 1. The number of rotatable bonds is 4. The first-order valence-electron chi connectivity index (χ1n) is 6.76. The average molecular weight is 328 g/mol. The third-order valence-corrected chi connectivity index (χ3v) is 6.12. The molecule has 2 N–H and O–H groups in total. The van der Waals surface area contributed by atoms with Gasteiger partial charge in [0.15, 0.2) is 9.84 Å². The fraction of sp³-hybridized carbons (Fsp3) is 0.500. The average Bonchev–Trinajstić information content (AvgIpc) is 2.46. The molecule has 1 heterocycles. The Morgan fingerprint density at radius 1 is 1.43 bits per heavy atom. The van der Waals surface area contributed by atoms with E-state index in [9.17, 15) is 13.2 Å². The molecule has 2 rings (SSSR count). The summed E-state index contributed by atoms with van der Waals surface area (Å²) in [6.45, 7) is 0.434. The van der Waals surface area contributed by atoms with E-state index in [-0.39, 0.29) is 5.91 Å². The standard InChI is InChI=1S/C14H20N2O3S2/c1-21(18,19)13-10-20-8-7-16(13)14(17)12(15)9-11-5-3-2-4-6-11/h2-6,12-13H,7-10,15H2,1H3/t12-,13?/m0/s1. The number of hydrogen-bond acceptors (Lipinski definition) is 5. The minimum atomic E-state index is -3.30. The molecule has 0 aliphatic carbocycles. The molecule has 5 nitrogen and oxygen atoms in total. The lowest BCUT2D eigenvalue weighted by Crippen LogP contribution is -2.55. The molecule has 1 amide bonds. The van der Waals surface area contributed by atoms with E-state index in [0.717, 1.165) is 11.3 Å². The van der Waals surface area contributed by atoms with Crippen molar-refractivity contribution in [2.24, 2.45) is 5.73 Å². The van der Waals surface area contributed by atoms with E-state index in [0.29, 0.717) is 18.7 Å². The van der Waals surface area contributed by atoms with Crippen LogP contribution in [0.4, 0.5) is 0 Å². The molecule has 2 atom stereocenters. The Balaban J connectivity index is 2.10. The number of nitrogens with zero attached hydrogens (tertiary/aromatic N) is 1. The van der Waals surface area contributed by atoms with Crippen molar-refractivity contribution in [3.8, 4) is 0 Å². The van der Waals surface area contributed by atoms with Gasteiger partial charge in [0.2, 0.25) is 5.91 Å². The third kappa shape index (κ3) is 4.21. The second-order valence-corrected chi connectivity index (χ2v) is 8.54. The molecule has 7 heteroatoms. The van der Waals surface area contributed by atoms with Crippen LogP contribution in [0.5, 0.6) is 0 Å². The molecular weight excluding hydrogens is 308 g/mol. The Bertz CT molecular complexity index is 589. The number of carbonyl (C=O) groups excluding carboxylic acids is 1. The van der Waals surface area contributed by atoms with Crippen LogP contribution in [0.3, 0.4) is 0 Å². The van der Waals surface area contributed by atoms with E-state index < -0.39 is 21.3 Å². The van der Waals surface area contributed by atoms with Gasteiger partial charge in [-0.05, 0) is 12.0 Å². The fourth-order valence-corrected chi connectivity index (χ4v) is 5.18. The first kappa shape index (κ1) is 16.3. The van der Waals surface area contributed by atoms with Crippen molar-refractivity contribution in [1.82, 2.24) is 4.90 Å². The van der Waals surface area contributed by atoms with Crippen molar-refractivity contribution in [3.63, 3.8) is 0 Å². The maximum absolute atomic E-state index is 12.5. The highest BCUT2D eigenvalue weighted by molar-refractivity contribution is 8.00. The fourth-order valence-electron chi connectivity index (χ4n) is 2.36. The lowest BCUT2D eigenvalue weighted by atomic mass is 10.1. The Morgan fingerprint density at radius 3 is 2.71 bits per heavy atom. The molecule has 0 saturated carbocycles. The van der Waals surface area contributed by atoms with Gasteiger partial charge in [0.25, 0.3) is 0 Å². The van der Waals surface area contributed by atoms with Crippen LogP contribution in [0.2, 0.25) is 0 Å². The molecule has 1 unspecified atom stereocenters. The minimum Gasteiger partial charge on any atom is -0.323 e. The van der Waals surface area contributed by atoms with Crippen molar-refractivity contribution in [2.45, 2.75) is 17.8 Å². The van der Waals surface area contributed by atoms with Gasteiger partial charge in [0.05, 0.1) is 6.04 Å². The van der Waals surface area contributed by atoms with E-state index in [1.54, 1.807) is 11.8 Å². The summed E-state index contributed by atoms with van der Waals surface area (Å²) in [5.74, 6) is 0.882. The summed E-state index contributed by atoms with van der Waals surface area (Å²) in [4.78, 5) is 13.9. The topological polar surface area (TPSA) is 80.5 Å². The number of carbonyl (C=O) groups is 1. The second-order valence-electron chi connectivity index (χ2n) is 5.19. The summed E-state index contributed by atoms with van der Waals surface area (Å²) in [5.41, 5.74) is 6.97. The van der Waals surface area contributed by atoms with Crippen LogP contribution in [-0.4, -0.2) is 54.9 Å². The summed E-state index contributed by atoms with van der Waals surface area (Å²) in [6, 6.07) is 8.80. The van der Waals surface area contributed by atoms with Gasteiger partial charge >= 0.3 is 0 Å². The zero-order valence-electron chi connectivity index (χ0n) is 11.9. The van der Waals surface area contributed by atoms with Gasteiger partial charge in [0.1, 0.15) is 5.37 Å². The maximum atomic E-state index is 12.5. The van der Waals surface area contributed by atoms with E-state index in [2.05, 4.69) is 0 Å². The summed E-state index contributed by atoms with van der Waals surface area (Å²) in [5, 5.41) is -0.759. The summed E-state index contributed by atoms with van der Waals surface area (Å²) in [6.07, 6.45) is 1.59. The maximum Gasteiger partial charge on any atom is 0.240 e. The van der Waals surface area contributed by atoms with Gasteiger partial charge in [-0.3, -0.25) is 4.79 Å². The highest BCUT2D eigenvalue weighted by Crippen LogP contribution is 2.21. The van der Waals surface area contributed by atoms with Gasteiger partial charge in [0, 0.05) is 24.3 Å². The monoisotopic (exact) mass is 328 g/mol. The number of benzene rings is 1. The molecule has 1 aromatic rings. The first-order chi connectivity index (χ1) is 9.89. The predicted octanol–water partition coefficient (Wildman–Crippen LogP) is 0.503. The number of nitrogens with two attached hydrogens (primary N) is 1. The van der Waals surface area contributed by atoms with Crippen molar-refractivity contribution in [2.75, 3.05) is 24.3 Å². The molecule has 1 aliphatic heterocycles. The third-order valence-electron chi connectivity index (χ3n) is 3.48. The van der Waals surface area contributed by atoms with Crippen LogP contribution >= 0.6 is 11.8 Å². The van der Waals surface area contributed by atoms with Crippen molar-refractivity contribution in [3.05, 3.63) is 35.9 Å². The van der Waals surface area contributed by atoms with E-state index in [1.807, 2.05) is 30.3 Å². The Morgan fingerprint density at radius 2 is 2.10 bits per heavy atom. The zero-order chi connectivity index (χ0) is 15.5. The van der Waals surface area contributed by atoms with Crippen molar-refractivity contribution >= 4 is 27.5 Å². The molecule has 1 aromatic carbocycles. The first-order valence-corrected chi connectivity index (χ1v) is 9.87. The SMILES string of the molecule is CS(=O)(=O)C1CSCCN1C(=O)[C@@H](N)Cc1ccccc1. The smallest absolute Gasteiger partial charge is 0.240 e. The van der Waals surface area contributed by atoms with Crippen LogP contribution in [0.25, 0.3) is 0 Å². The molecule has 21 heavy (non-hydrogen) atoms. The van der Waals surface area contributed by atoms with Crippen LogP contribution in [0.1, 0.15) is 5.56 Å². The van der Waals surface area contributed by atoms with Crippen molar-refractivity contribution < 1.29 is 13.2 Å². The molecule has 1 saturated heterocycles. The zero-order valence-corrected chi connectivity index (χ0v) is 13.6. The molecule has 1 fully saturated rings. The number of thioether (sulfide) groups is 1. The number of hydrogen-bond donors (Lipinski definition) is 1. The van der Waals surface area contributed by atoms with Gasteiger partial charge in [-0.25, -0.2) is 8.42 Å². The lowest BCUT2D eigenvalue weighted by molar-refractivity contribution is -0.133. The van der Waals surface area contributed by atoms with Gasteiger partial charge in [-0.1, -0.05) is 30.3 Å². The molecular formula is C14H20N2O3S2. The van der Waals surface area contributed by atoms with Crippen LogP contribution < -0.4 is 5.73 Å². The Kier molecular flexibility index (Phi) is 5.29. The highest BCUT2D eigenvalue weighted by atomic mass is 32.2. The molecule has 116 valence electrons. The minimum absolute atomic E-state index is 0.283. The van der Waals surface area contributed by atoms with Crippen molar-refractivity contribution in [1.29, 1.82) is 0 Å². The van der Waals surface area contributed by atoms with E-state index in [1.165, 1.54) is 11.2 Å².